The Labute approximate surface area is 193 Å². The summed E-state index contributed by atoms with van der Waals surface area (Å²) in [6, 6.07) is 19.8. The van der Waals surface area contributed by atoms with Crippen molar-refractivity contribution in [2.24, 2.45) is 5.84 Å². The zero-order valence-corrected chi connectivity index (χ0v) is 19.5. The monoisotopic (exact) mass is 466 g/mol. The Hall–Kier alpha value is -3.40. The minimum atomic E-state index is -3.87. The third-order valence-electron chi connectivity index (χ3n) is 5.50. The Morgan fingerprint density at radius 2 is 1.61 bits per heavy atom. The maximum atomic E-state index is 13.0. The quantitative estimate of drug-likeness (QED) is 0.315. The summed E-state index contributed by atoms with van der Waals surface area (Å²) in [4.78, 5) is 4.71. The molecule has 4 rings (SSSR count). The van der Waals surface area contributed by atoms with Crippen LogP contribution in [-0.4, -0.2) is 36.6 Å². The number of imidazole rings is 1. The lowest BCUT2D eigenvalue weighted by molar-refractivity contribution is 0.353. The first-order valence-corrected chi connectivity index (χ1v) is 11.8. The molecular weight excluding hydrogens is 440 g/mol. The molecule has 1 aromatic heterocycles. The highest BCUT2D eigenvalue weighted by molar-refractivity contribution is 7.89. The van der Waals surface area contributed by atoms with Crippen LogP contribution in [0.5, 0.6) is 11.5 Å². The van der Waals surface area contributed by atoms with Crippen LogP contribution in [0.3, 0.4) is 0 Å². The highest BCUT2D eigenvalue weighted by atomic mass is 32.2. The van der Waals surface area contributed by atoms with E-state index in [1.165, 1.54) is 14.2 Å². The molecule has 1 heterocycles. The summed E-state index contributed by atoms with van der Waals surface area (Å²) in [5.41, 5.74) is 3.61. The largest absolute Gasteiger partial charge is 0.493 e. The molecule has 0 aliphatic rings. The van der Waals surface area contributed by atoms with E-state index in [0.29, 0.717) is 23.6 Å². The van der Waals surface area contributed by atoms with E-state index in [-0.39, 0.29) is 11.4 Å². The highest BCUT2D eigenvalue weighted by Gasteiger charge is 2.22. The number of hydrogen-bond donors (Lipinski definition) is 1. The van der Waals surface area contributed by atoms with Gasteiger partial charge in [0.2, 0.25) is 0 Å². The molecule has 0 amide bonds. The average Bonchev–Trinajstić information content (AvgIpc) is 3.14. The molecule has 0 bridgehead atoms. The second kappa shape index (κ2) is 9.22. The van der Waals surface area contributed by atoms with Gasteiger partial charge in [-0.3, -0.25) is 5.84 Å². The molecule has 2 N–H and O–H groups in total. The van der Waals surface area contributed by atoms with Crippen LogP contribution in [0.2, 0.25) is 0 Å². The molecule has 33 heavy (non-hydrogen) atoms. The van der Waals surface area contributed by atoms with Gasteiger partial charge in [-0.05, 0) is 54.4 Å². The van der Waals surface area contributed by atoms with Crippen molar-refractivity contribution in [3.8, 4) is 11.5 Å². The zero-order valence-electron chi connectivity index (χ0n) is 18.7. The smallest absolute Gasteiger partial charge is 0.255 e. The Morgan fingerprint density at radius 3 is 2.30 bits per heavy atom. The number of sulfonamides is 1. The number of methoxy groups -OCH3 is 2. The SMILES string of the molecule is COc1ccc(CN(N)S(=O)(=O)c2ccc(Cn3c(C)nc4ccccc43)cc2)cc1OC. The number of hydrogen-bond acceptors (Lipinski definition) is 6. The molecule has 0 atom stereocenters. The van der Waals surface area contributed by atoms with Crippen LogP contribution in [0.15, 0.2) is 71.6 Å². The van der Waals surface area contributed by atoms with E-state index in [0.717, 1.165) is 26.8 Å². The van der Waals surface area contributed by atoms with E-state index in [1.807, 2.05) is 31.2 Å². The number of fused-ring (bicyclic) bond motifs is 1. The predicted molar refractivity (Wildman–Crippen MR) is 126 cm³/mol. The number of rotatable bonds is 8. The van der Waals surface area contributed by atoms with Gasteiger partial charge in [0, 0.05) is 6.54 Å². The fourth-order valence-electron chi connectivity index (χ4n) is 3.72. The summed E-state index contributed by atoms with van der Waals surface area (Å²) >= 11 is 0. The third kappa shape index (κ3) is 4.56. The van der Waals surface area contributed by atoms with E-state index in [2.05, 4.69) is 9.55 Å². The molecule has 3 aromatic carbocycles. The van der Waals surface area contributed by atoms with Crippen molar-refractivity contribution < 1.29 is 17.9 Å². The van der Waals surface area contributed by atoms with Gasteiger partial charge >= 0.3 is 0 Å². The van der Waals surface area contributed by atoms with Gasteiger partial charge < -0.3 is 14.0 Å². The minimum Gasteiger partial charge on any atom is -0.493 e. The van der Waals surface area contributed by atoms with E-state index >= 15 is 0 Å². The van der Waals surface area contributed by atoms with Crippen LogP contribution < -0.4 is 15.3 Å². The van der Waals surface area contributed by atoms with Gasteiger partial charge in [-0.2, -0.15) is 0 Å². The Kier molecular flexibility index (Phi) is 6.37. The number of nitrogens with zero attached hydrogens (tertiary/aromatic N) is 3. The molecule has 8 nitrogen and oxygen atoms in total. The summed E-state index contributed by atoms with van der Waals surface area (Å²) in [6.45, 7) is 2.54. The van der Waals surface area contributed by atoms with Crippen LogP contribution in [0.4, 0.5) is 0 Å². The van der Waals surface area contributed by atoms with E-state index in [9.17, 15) is 8.42 Å². The molecule has 0 saturated heterocycles. The van der Waals surface area contributed by atoms with Crippen LogP contribution >= 0.6 is 0 Å². The van der Waals surface area contributed by atoms with Crippen molar-refractivity contribution in [2.45, 2.75) is 24.9 Å². The molecule has 0 fully saturated rings. The van der Waals surface area contributed by atoms with Crippen LogP contribution in [0, 0.1) is 6.92 Å². The van der Waals surface area contributed by atoms with Crippen LogP contribution in [0.1, 0.15) is 17.0 Å². The molecular formula is C24H26N4O4S. The Balaban J connectivity index is 1.52. The number of aromatic nitrogens is 2. The van der Waals surface area contributed by atoms with Crippen LogP contribution in [0.25, 0.3) is 11.0 Å². The molecule has 0 radical (unpaired) electrons. The van der Waals surface area contributed by atoms with Gasteiger partial charge in [-0.15, -0.1) is 4.41 Å². The maximum Gasteiger partial charge on any atom is 0.255 e. The summed E-state index contributed by atoms with van der Waals surface area (Å²) in [5.74, 6) is 7.93. The minimum absolute atomic E-state index is 0.00927. The van der Waals surface area contributed by atoms with E-state index in [4.69, 9.17) is 15.3 Å². The van der Waals surface area contributed by atoms with E-state index in [1.54, 1.807) is 42.5 Å². The van der Waals surface area contributed by atoms with Crippen molar-refractivity contribution in [2.75, 3.05) is 14.2 Å². The lowest BCUT2D eigenvalue weighted by Gasteiger charge is -2.18. The molecule has 0 spiro atoms. The lowest BCUT2D eigenvalue weighted by atomic mass is 10.2. The van der Waals surface area contributed by atoms with Crippen molar-refractivity contribution in [3.05, 3.63) is 83.7 Å². The first-order chi connectivity index (χ1) is 15.8. The predicted octanol–water partition coefficient (Wildman–Crippen LogP) is 3.47. The first-order valence-electron chi connectivity index (χ1n) is 10.3. The highest BCUT2D eigenvalue weighted by Crippen LogP contribution is 2.28. The fourth-order valence-corrected chi connectivity index (χ4v) is 4.79. The number of para-hydroxylation sites is 2. The number of nitrogens with two attached hydrogens (primary N) is 1. The number of ether oxygens (including phenoxy) is 2. The molecule has 0 aliphatic carbocycles. The Morgan fingerprint density at radius 1 is 0.939 bits per heavy atom. The van der Waals surface area contributed by atoms with Crippen molar-refractivity contribution in [1.82, 2.24) is 14.0 Å². The Bertz CT molecular complexity index is 1380. The number of aryl methyl sites for hydroxylation is 1. The molecule has 0 aliphatic heterocycles. The standard InChI is InChI=1S/C24H26N4O4S/c1-17-26-21-6-4-5-7-22(21)27(17)15-18-8-11-20(12-9-18)33(29,30)28(25)16-19-10-13-23(31-2)24(14-19)32-3/h4-14H,15-16,25H2,1-3H3. The molecule has 0 saturated carbocycles. The topological polar surface area (TPSA) is 99.7 Å². The van der Waals surface area contributed by atoms with Gasteiger partial charge in [0.1, 0.15) is 5.82 Å². The molecule has 0 unspecified atom stereocenters. The van der Waals surface area contributed by atoms with Gasteiger partial charge in [0.15, 0.2) is 11.5 Å². The third-order valence-corrected chi connectivity index (χ3v) is 7.12. The van der Waals surface area contributed by atoms with Gasteiger partial charge in [0.25, 0.3) is 10.0 Å². The van der Waals surface area contributed by atoms with Crippen molar-refractivity contribution >= 4 is 21.1 Å². The van der Waals surface area contributed by atoms with E-state index < -0.39 is 10.0 Å². The zero-order chi connectivity index (χ0) is 23.6. The normalized spacial score (nSPS) is 11.8. The summed E-state index contributed by atoms with van der Waals surface area (Å²) < 4.78 is 39.4. The summed E-state index contributed by atoms with van der Waals surface area (Å²) in [6.07, 6.45) is 0. The maximum absolute atomic E-state index is 13.0. The van der Waals surface area contributed by atoms with Crippen LogP contribution in [-0.2, 0) is 23.1 Å². The molecule has 172 valence electrons. The fraction of sp³-hybridized carbons (Fsp3) is 0.208. The summed E-state index contributed by atoms with van der Waals surface area (Å²) in [7, 11) is -0.813. The number of hydrazine groups is 1. The van der Waals surface area contributed by atoms with Gasteiger partial charge in [-0.1, -0.05) is 30.3 Å². The summed E-state index contributed by atoms with van der Waals surface area (Å²) in [5, 5.41) is 0. The second-order valence-electron chi connectivity index (χ2n) is 7.62. The molecule has 4 aromatic rings. The average molecular weight is 467 g/mol. The second-order valence-corrected chi connectivity index (χ2v) is 9.51. The van der Waals surface area contributed by atoms with Crippen molar-refractivity contribution in [1.29, 1.82) is 0 Å². The molecule has 9 heteroatoms. The lowest BCUT2D eigenvalue weighted by Crippen LogP contribution is -2.36. The van der Waals surface area contributed by atoms with Gasteiger partial charge in [-0.25, -0.2) is 13.4 Å². The first kappa shape index (κ1) is 22.8. The van der Waals surface area contributed by atoms with Crippen molar-refractivity contribution in [3.63, 3.8) is 0 Å². The number of benzene rings is 3. The van der Waals surface area contributed by atoms with Gasteiger partial charge in [0.05, 0.1) is 36.7 Å².